The lowest BCUT2D eigenvalue weighted by molar-refractivity contribution is 0.0287. The van der Waals surface area contributed by atoms with Crippen LogP contribution in [0.2, 0.25) is 0 Å². The van der Waals surface area contributed by atoms with Crippen LogP contribution in [0.1, 0.15) is 37.7 Å². The summed E-state index contributed by atoms with van der Waals surface area (Å²) in [4.78, 5) is 0. The van der Waals surface area contributed by atoms with Crippen molar-refractivity contribution in [3.05, 3.63) is 35.9 Å². The van der Waals surface area contributed by atoms with E-state index in [1.54, 1.807) is 0 Å². The second-order valence-corrected chi connectivity index (χ2v) is 8.44. The quantitative estimate of drug-likeness (QED) is 0.580. The van der Waals surface area contributed by atoms with E-state index in [1.165, 1.54) is 0 Å². The number of nitrogens with two attached hydrogens (primary N) is 1. The summed E-state index contributed by atoms with van der Waals surface area (Å²) in [7, 11) is -3.27. The molecule has 0 spiro atoms. The molecule has 1 aromatic rings. The van der Waals surface area contributed by atoms with Gasteiger partial charge in [-0.2, -0.15) is 0 Å². The second-order valence-electron chi connectivity index (χ2n) is 6.51. The van der Waals surface area contributed by atoms with E-state index in [-0.39, 0.29) is 11.9 Å². The van der Waals surface area contributed by atoms with Gasteiger partial charge >= 0.3 is 0 Å². The molecule has 2 rings (SSSR count). The summed E-state index contributed by atoms with van der Waals surface area (Å²) in [6.45, 7) is 1.65. The fourth-order valence-electron chi connectivity index (χ4n) is 2.87. The number of hydrogen-bond donors (Lipinski definition) is 2. The maximum Gasteiger partial charge on any atom is 0.211 e. The van der Waals surface area contributed by atoms with Gasteiger partial charge in [-0.1, -0.05) is 30.3 Å². The SMILES string of the molecule is NC1CCC(OCCNS(=O)(=O)CCCOCc2ccccc2)CC1. The van der Waals surface area contributed by atoms with Crippen molar-refractivity contribution in [1.82, 2.24) is 4.72 Å². The van der Waals surface area contributed by atoms with Crippen LogP contribution in [0.3, 0.4) is 0 Å². The van der Waals surface area contributed by atoms with E-state index in [2.05, 4.69) is 4.72 Å². The van der Waals surface area contributed by atoms with E-state index < -0.39 is 10.0 Å². The molecule has 142 valence electrons. The van der Waals surface area contributed by atoms with Crippen molar-refractivity contribution in [3.63, 3.8) is 0 Å². The van der Waals surface area contributed by atoms with Crippen LogP contribution in [0.5, 0.6) is 0 Å². The van der Waals surface area contributed by atoms with Gasteiger partial charge < -0.3 is 15.2 Å². The summed E-state index contributed by atoms with van der Waals surface area (Å²) < 4.78 is 37.6. The van der Waals surface area contributed by atoms with Gasteiger partial charge in [-0.25, -0.2) is 13.1 Å². The molecule has 7 heteroatoms. The zero-order chi connectivity index (χ0) is 18.0. The Bertz CT molecular complexity index is 572. The van der Waals surface area contributed by atoms with E-state index in [4.69, 9.17) is 15.2 Å². The van der Waals surface area contributed by atoms with Crippen LogP contribution in [0.15, 0.2) is 30.3 Å². The van der Waals surface area contributed by atoms with Gasteiger partial charge in [0.05, 0.1) is 25.1 Å². The zero-order valence-electron chi connectivity index (χ0n) is 14.7. The molecule has 25 heavy (non-hydrogen) atoms. The van der Waals surface area contributed by atoms with E-state index in [9.17, 15) is 8.42 Å². The third kappa shape index (κ3) is 8.78. The fraction of sp³-hybridized carbons (Fsp3) is 0.667. The van der Waals surface area contributed by atoms with Gasteiger partial charge in [-0.3, -0.25) is 0 Å². The van der Waals surface area contributed by atoms with Crippen molar-refractivity contribution in [3.8, 4) is 0 Å². The largest absolute Gasteiger partial charge is 0.377 e. The van der Waals surface area contributed by atoms with Gasteiger partial charge in [-0.15, -0.1) is 0 Å². The lowest BCUT2D eigenvalue weighted by atomic mass is 9.94. The predicted octanol–water partition coefficient (Wildman–Crippen LogP) is 1.80. The second kappa shape index (κ2) is 10.9. The first-order chi connectivity index (χ1) is 12.1. The zero-order valence-corrected chi connectivity index (χ0v) is 15.5. The van der Waals surface area contributed by atoms with E-state index >= 15 is 0 Å². The third-order valence-electron chi connectivity index (χ3n) is 4.31. The van der Waals surface area contributed by atoms with Crippen LogP contribution in [-0.4, -0.2) is 46.1 Å². The monoisotopic (exact) mass is 370 g/mol. The Hall–Kier alpha value is -0.990. The Morgan fingerprint density at radius 1 is 1.08 bits per heavy atom. The summed E-state index contributed by atoms with van der Waals surface area (Å²) in [6.07, 6.45) is 4.59. The topological polar surface area (TPSA) is 90.6 Å². The van der Waals surface area contributed by atoms with Crippen LogP contribution in [0.4, 0.5) is 0 Å². The van der Waals surface area contributed by atoms with Crippen molar-refractivity contribution in [2.75, 3.05) is 25.5 Å². The summed E-state index contributed by atoms with van der Waals surface area (Å²) in [6, 6.07) is 10.1. The first-order valence-corrected chi connectivity index (χ1v) is 10.7. The van der Waals surface area contributed by atoms with Crippen molar-refractivity contribution >= 4 is 10.0 Å². The highest BCUT2D eigenvalue weighted by molar-refractivity contribution is 7.89. The number of ether oxygens (including phenoxy) is 2. The summed E-state index contributed by atoms with van der Waals surface area (Å²) in [5.41, 5.74) is 6.94. The molecule has 1 fully saturated rings. The molecule has 3 N–H and O–H groups in total. The molecule has 0 saturated heterocycles. The van der Waals surface area contributed by atoms with E-state index in [1.807, 2.05) is 30.3 Å². The number of sulfonamides is 1. The van der Waals surface area contributed by atoms with Crippen molar-refractivity contribution in [2.45, 2.75) is 50.9 Å². The predicted molar refractivity (Wildman–Crippen MR) is 98.7 cm³/mol. The molecule has 0 bridgehead atoms. The molecule has 0 amide bonds. The van der Waals surface area contributed by atoms with Crippen LogP contribution >= 0.6 is 0 Å². The van der Waals surface area contributed by atoms with Gasteiger partial charge in [0, 0.05) is 19.2 Å². The smallest absolute Gasteiger partial charge is 0.211 e. The summed E-state index contributed by atoms with van der Waals surface area (Å²) in [5, 5.41) is 0. The highest BCUT2D eigenvalue weighted by Gasteiger charge is 2.18. The number of rotatable bonds is 11. The van der Waals surface area contributed by atoms with Gasteiger partial charge in [0.1, 0.15) is 0 Å². The third-order valence-corrected chi connectivity index (χ3v) is 5.78. The summed E-state index contributed by atoms with van der Waals surface area (Å²) >= 11 is 0. The molecule has 1 aliphatic carbocycles. The molecule has 6 nitrogen and oxygen atoms in total. The lowest BCUT2D eigenvalue weighted by Gasteiger charge is -2.26. The van der Waals surface area contributed by atoms with Crippen LogP contribution in [0.25, 0.3) is 0 Å². The molecule has 0 aliphatic heterocycles. The average molecular weight is 371 g/mol. The molecule has 1 aromatic carbocycles. The Morgan fingerprint density at radius 3 is 2.52 bits per heavy atom. The van der Waals surface area contributed by atoms with E-state index in [0.29, 0.717) is 38.8 Å². The maximum absolute atomic E-state index is 11.9. The van der Waals surface area contributed by atoms with Crippen molar-refractivity contribution in [2.24, 2.45) is 5.73 Å². The molecule has 0 atom stereocenters. The van der Waals surface area contributed by atoms with Crippen molar-refractivity contribution < 1.29 is 17.9 Å². The minimum absolute atomic E-state index is 0.0695. The highest BCUT2D eigenvalue weighted by Crippen LogP contribution is 2.19. The minimum atomic E-state index is -3.27. The normalized spacial score (nSPS) is 21.3. The fourth-order valence-corrected chi connectivity index (χ4v) is 3.90. The van der Waals surface area contributed by atoms with Crippen molar-refractivity contribution in [1.29, 1.82) is 0 Å². The van der Waals surface area contributed by atoms with Crippen LogP contribution < -0.4 is 10.5 Å². The highest BCUT2D eigenvalue weighted by atomic mass is 32.2. The first-order valence-electron chi connectivity index (χ1n) is 9.01. The molecule has 1 aliphatic rings. The minimum Gasteiger partial charge on any atom is -0.377 e. The molecule has 1 saturated carbocycles. The molecule has 0 aromatic heterocycles. The number of nitrogens with one attached hydrogen (secondary N) is 1. The number of benzene rings is 1. The number of hydrogen-bond acceptors (Lipinski definition) is 5. The van der Waals surface area contributed by atoms with Gasteiger partial charge in [0.25, 0.3) is 0 Å². The van der Waals surface area contributed by atoms with Gasteiger partial charge in [0.15, 0.2) is 0 Å². The Kier molecular flexibility index (Phi) is 8.84. The summed E-state index contributed by atoms with van der Waals surface area (Å²) in [5.74, 6) is 0.0695. The molecular formula is C18H30N2O4S. The maximum atomic E-state index is 11.9. The Balaban J connectivity index is 1.49. The Morgan fingerprint density at radius 2 is 1.80 bits per heavy atom. The molecule has 0 heterocycles. The van der Waals surface area contributed by atoms with Gasteiger partial charge in [0.2, 0.25) is 10.0 Å². The molecule has 0 radical (unpaired) electrons. The van der Waals surface area contributed by atoms with Crippen LogP contribution in [0, 0.1) is 0 Å². The lowest BCUT2D eigenvalue weighted by Crippen LogP contribution is -2.33. The van der Waals surface area contributed by atoms with Crippen LogP contribution in [-0.2, 0) is 26.1 Å². The van der Waals surface area contributed by atoms with Gasteiger partial charge in [-0.05, 0) is 37.7 Å². The molecule has 0 unspecified atom stereocenters. The Labute approximate surface area is 151 Å². The molecular weight excluding hydrogens is 340 g/mol. The van der Waals surface area contributed by atoms with E-state index in [0.717, 1.165) is 31.2 Å². The first kappa shape index (κ1) is 20.3. The standard InChI is InChI=1S/C18H30N2O4S/c19-17-7-9-18(10-8-17)24-13-11-20-25(21,22)14-4-12-23-15-16-5-2-1-3-6-16/h1-3,5-6,17-18,20H,4,7-15,19H2. The average Bonchev–Trinajstić information content (AvgIpc) is 2.61.